The monoisotopic (exact) mass is 392 g/mol. The summed E-state index contributed by atoms with van der Waals surface area (Å²) in [5.74, 6) is -0.774. The van der Waals surface area contributed by atoms with Gasteiger partial charge in [-0.25, -0.2) is 8.42 Å². The highest BCUT2D eigenvalue weighted by molar-refractivity contribution is 7.91. The molecule has 0 unspecified atom stereocenters. The van der Waals surface area contributed by atoms with Crippen molar-refractivity contribution in [2.24, 2.45) is 0 Å². The van der Waals surface area contributed by atoms with Crippen LogP contribution in [0.15, 0.2) is 49.7 Å². The molecule has 3 aromatic heterocycles. The van der Waals surface area contributed by atoms with Gasteiger partial charge in [0, 0.05) is 13.1 Å². The molecule has 0 atom stereocenters. The molecule has 3 rings (SSSR count). The Labute approximate surface area is 144 Å². The Bertz CT molecular complexity index is 959. The topological polar surface area (TPSA) is 76.6 Å². The van der Waals surface area contributed by atoms with Gasteiger partial charge in [-0.1, -0.05) is 5.16 Å². The SMILES string of the molecule is CN(Cc1ccco1)S(=O)(=O)c1ccc(-c2cc(C(F)(F)F)on2)s1. The van der Waals surface area contributed by atoms with Crippen LogP contribution < -0.4 is 0 Å². The van der Waals surface area contributed by atoms with E-state index < -0.39 is 22.0 Å². The number of furan rings is 1. The number of sulfonamides is 1. The lowest BCUT2D eigenvalue weighted by Gasteiger charge is -2.14. The number of rotatable bonds is 5. The van der Waals surface area contributed by atoms with E-state index in [0.717, 1.165) is 21.7 Å². The Kier molecular flexibility index (Phi) is 4.47. The highest BCUT2D eigenvalue weighted by Crippen LogP contribution is 2.36. The van der Waals surface area contributed by atoms with Crippen LogP contribution in [0.1, 0.15) is 11.5 Å². The molecule has 0 aliphatic heterocycles. The van der Waals surface area contributed by atoms with Crippen molar-refractivity contribution in [2.75, 3.05) is 7.05 Å². The zero-order valence-corrected chi connectivity index (χ0v) is 14.3. The van der Waals surface area contributed by atoms with Crippen molar-refractivity contribution < 1.29 is 30.5 Å². The molecule has 0 fully saturated rings. The molecule has 0 N–H and O–H groups in total. The van der Waals surface area contributed by atoms with Gasteiger partial charge < -0.3 is 8.94 Å². The minimum atomic E-state index is -4.65. The fourth-order valence-corrected chi connectivity index (χ4v) is 4.59. The van der Waals surface area contributed by atoms with Crippen LogP contribution in [0.25, 0.3) is 10.6 Å². The molecule has 0 aliphatic rings. The molecule has 0 amide bonds. The molecule has 0 aromatic carbocycles. The van der Waals surface area contributed by atoms with Gasteiger partial charge >= 0.3 is 6.18 Å². The van der Waals surface area contributed by atoms with Crippen molar-refractivity contribution in [3.8, 4) is 10.6 Å². The van der Waals surface area contributed by atoms with E-state index in [2.05, 4.69) is 9.68 Å². The van der Waals surface area contributed by atoms with E-state index in [1.165, 1.54) is 25.4 Å². The first-order chi connectivity index (χ1) is 11.7. The summed E-state index contributed by atoms with van der Waals surface area (Å²) in [5, 5.41) is 3.35. The molecule has 0 bridgehead atoms. The molecule has 0 spiro atoms. The molecule has 3 heterocycles. The van der Waals surface area contributed by atoms with Gasteiger partial charge in [-0.15, -0.1) is 11.3 Å². The van der Waals surface area contributed by atoms with Crippen molar-refractivity contribution in [3.05, 3.63) is 48.1 Å². The molecule has 3 aromatic rings. The number of aromatic nitrogens is 1. The summed E-state index contributed by atoms with van der Waals surface area (Å²) < 4.78 is 73.2. The third-order valence-corrected chi connectivity index (χ3v) is 6.63. The van der Waals surface area contributed by atoms with Gasteiger partial charge in [0.25, 0.3) is 10.0 Å². The fourth-order valence-electron chi connectivity index (χ4n) is 1.98. The molecule has 0 radical (unpaired) electrons. The van der Waals surface area contributed by atoms with E-state index in [1.807, 2.05) is 0 Å². The minimum Gasteiger partial charge on any atom is -0.468 e. The molecule has 25 heavy (non-hydrogen) atoms. The molecule has 134 valence electrons. The molecule has 6 nitrogen and oxygen atoms in total. The Morgan fingerprint density at radius 1 is 1.28 bits per heavy atom. The lowest BCUT2D eigenvalue weighted by molar-refractivity contribution is -0.155. The lowest BCUT2D eigenvalue weighted by atomic mass is 10.3. The molecule has 0 saturated heterocycles. The molecular formula is C14H11F3N2O4S2. The van der Waals surface area contributed by atoms with Gasteiger partial charge in [-0.2, -0.15) is 17.5 Å². The van der Waals surface area contributed by atoms with Crippen molar-refractivity contribution >= 4 is 21.4 Å². The van der Waals surface area contributed by atoms with Gasteiger partial charge in [0.05, 0.1) is 17.7 Å². The first kappa shape index (κ1) is 17.7. The average Bonchev–Trinajstić information content (AvgIpc) is 3.26. The highest BCUT2D eigenvalue weighted by atomic mass is 32.2. The van der Waals surface area contributed by atoms with Crippen molar-refractivity contribution in [1.82, 2.24) is 9.46 Å². The molecule has 11 heteroatoms. The van der Waals surface area contributed by atoms with Crippen LogP contribution in [0.5, 0.6) is 0 Å². The summed E-state index contributed by atoms with van der Waals surface area (Å²) in [7, 11) is -2.43. The third kappa shape index (κ3) is 3.62. The number of halogens is 3. The Morgan fingerprint density at radius 2 is 2.04 bits per heavy atom. The van der Waals surface area contributed by atoms with Gasteiger partial charge in [0.1, 0.15) is 15.7 Å². The van der Waals surface area contributed by atoms with Crippen LogP contribution in [0.2, 0.25) is 0 Å². The summed E-state index contributed by atoms with van der Waals surface area (Å²) in [6, 6.07) is 6.71. The van der Waals surface area contributed by atoms with Crippen molar-refractivity contribution in [3.63, 3.8) is 0 Å². The van der Waals surface area contributed by atoms with Crippen LogP contribution >= 0.6 is 11.3 Å². The highest BCUT2D eigenvalue weighted by Gasteiger charge is 2.36. The van der Waals surface area contributed by atoms with E-state index in [0.29, 0.717) is 5.76 Å². The maximum Gasteiger partial charge on any atom is 0.452 e. The van der Waals surface area contributed by atoms with Crippen LogP contribution in [0, 0.1) is 0 Å². The first-order valence-corrected chi connectivity index (χ1v) is 9.06. The summed E-state index contributed by atoms with van der Waals surface area (Å²) >= 11 is 0.808. The van der Waals surface area contributed by atoms with Crippen LogP contribution in [-0.2, 0) is 22.7 Å². The lowest BCUT2D eigenvalue weighted by Crippen LogP contribution is -2.25. The molecule has 0 saturated carbocycles. The van der Waals surface area contributed by atoms with Crippen LogP contribution in [0.4, 0.5) is 13.2 Å². The maximum absolute atomic E-state index is 12.6. The third-order valence-electron chi connectivity index (χ3n) is 3.25. The van der Waals surface area contributed by atoms with Crippen molar-refractivity contribution in [1.29, 1.82) is 0 Å². The normalized spacial score (nSPS) is 12.8. The first-order valence-electron chi connectivity index (χ1n) is 6.81. The number of nitrogens with zero attached hydrogens (tertiary/aromatic N) is 2. The largest absolute Gasteiger partial charge is 0.468 e. The molecular weight excluding hydrogens is 381 g/mol. The van der Waals surface area contributed by atoms with E-state index in [4.69, 9.17) is 4.42 Å². The minimum absolute atomic E-state index is 0.0203. The summed E-state index contributed by atoms with van der Waals surface area (Å²) in [6.45, 7) is 0.0325. The molecule has 0 aliphatic carbocycles. The zero-order chi connectivity index (χ0) is 18.2. The zero-order valence-electron chi connectivity index (χ0n) is 12.6. The van der Waals surface area contributed by atoms with Crippen molar-refractivity contribution in [2.45, 2.75) is 16.9 Å². The van der Waals surface area contributed by atoms with E-state index in [-0.39, 0.29) is 21.3 Å². The predicted molar refractivity (Wildman–Crippen MR) is 82.2 cm³/mol. The second-order valence-electron chi connectivity index (χ2n) is 5.03. The van der Waals surface area contributed by atoms with E-state index >= 15 is 0 Å². The average molecular weight is 392 g/mol. The number of hydrogen-bond donors (Lipinski definition) is 0. The van der Waals surface area contributed by atoms with Gasteiger partial charge in [-0.05, 0) is 24.3 Å². The Balaban J connectivity index is 1.83. The Morgan fingerprint density at radius 3 is 2.64 bits per heavy atom. The summed E-state index contributed by atoms with van der Waals surface area (Å²) in [4.78, 5) is 0.254. The quantitative estimate of drug-likeness (QED) is 0.659. The second kappa shape index (κ2) is 6.32. The summed E-state index contributed by atoms with van der Waals surface area (Å²) in [5.41, 5.74) is -0.0764. The van der Waals surface area contributed by atoms with Gasteiger partial charge in [0.15, 0.2) is 0 Å². The van der Waals surface area contributed by atoms with E-state index in [1.54, 1.807) is 12.1 Å². The van der Waals surface area contributed by atoms with E-state index in [9.17, 15) is 21.6 Å². The fraction of sp³-hybridized carbons (Fsp3) is 0.214. The number of thiophene rings is 1. The van der Waals surface area contributed by atoms with Crippen LogP contribution in [-0.4, -0.2) is 24.9 Å². The standard InChI is InChI=1S/C14H11F3N2O4S2/c1-19(8-9-3-2-6-22-9)25(20,21)13-5-4-11(24-13)10-7-12(23-18-10)14(15,16)17/h2-7H,8H2,1H3. The Hall–Kier alpha value is -2.11. The van der Waals surface area contributed by atoms with Gasteiger partial charge in [0.2, 0.25) is 5.76 Å². The number of hydrogen-bond acceptors (Lipinski definition) is 6. The smallest absolute Gasteiger partial charge is 0.452 e. The van der Waals surface area contributed by atoms with Crippen LogP contribution in [0.3, 0.4) is 0 Å². The van der Waals surface area contributed by atoms with Gasteiger partial charge in [-0.3, -0.25) is 0 Å². The predicted octanol–water partition coefficient (Wildman–Crippen LogP) is 3.84. The maximum atomic E-state index is 12.6. The second-order valence-corrected chi connectivity index (χ2v) is 8.39. The number of alkyl halides is 3. The summed E-state index contributed by atoms with van der Waals surface area (Å²) in [6.07, 6.45) is -3.22.